The van der Waals surface area contributed by atoms with E-state index in [-0.39, 0.29) is 5.56 Å². The van der Waals surface area contributed by atoms with Gasteiger partial charge in [0.2, 0.25) is 0 Å². The second kappa shape index (κ2) is 3.41. The minimum Gasteiger partial charge on any atom is -0.269 e. The number of hydrogen-bond donors (Lipinski definition) is 1. The topological polar surface area (TPSA) is 50.2 Å². The maximum absolute atomic E-state index is 11.7. The Hall–Kier alpha value is -1.23. The van der Waals surface area contributed by atoms with Gasteiger partial charge in [0.05, 0.1) is 0 Å². The first-order valence-corrected chi connectivity index (χ1v) is 6.15. The van der Waals surface area contributed by atoms with E-state index in [1.54, 1.807) is 16.5 Å². The summed E-state index contributed by atoms with van der Waals surface area (Å²) in [5.41, 5.74) is 0.794. The van der Waals surface area contributed by atoms with Crippen molar-refractivity contribution < 1.29 is 0 Å². The van der Waals surface area contributed by atoms with E-state index < -0.39 is 0 Å². The first-order valence-electron chi connectivity index (χ1n) is 5.00. The summed E-state index contributed by atoms with van der Waals surface area (Å²) in [6.45, 7) is 0. The molecule has 0 spiro atoms. The highest BCUT2D eigenvalue weighted by atomic mass is 32.2. The minimum atomic E-state index is 0.00755. The summed E-state index contributed by atoms with van der Waals surface area (Å²) in [5.74, 6) is 3.55. The van der Waals surface area contributed by atoms with Gasteiger partial charge in [-0.1, -0.05) is 6.07 Å². The molecule has 0 saturated carbocycles. The van der Waals surface area contributed by atoms with E-state index in [9.17, 15) is 4.79 Å². The zero-order valence-corrected chi connectivity index (χ0v) is 8.96. The van der Waals surface area contributed by atoms with Crippen LogP contribution in [0, 0.1) is 0 Å². The third kappa shape index (κ3) is 1.38. The van der Waals surface area contributed by atoms with Crippen molar-refractivity contribution in [2.24, 2.45) is 0 Å². The van der Waals surface area contributed by atoms with Gasteiger partial charge < -0.3 is 0 Å². The van der Waals surface area contributed by atoms with Gasteiger partial charge in [0.15, 0.2) is 0 Å². The van der Waals surface area contributed by atoms with Crippen LogP contribution in [0.3, 0.4) is 0 Å². The van der Waals surface area contributed by atoms with E-state index in [0.717, 1.165) is 23.6 Å². The van der Waals surface area contributed by atoms with E-state index in [4.69, 9.17) is 0 Å². The van der Waals surface area contributed by atoms with Crippen molar-refractivity contribution in [2.75, 3.05) is 11.5 Å². The van der Waals surface area contributed by atoms with Crippen LogP contribution in [0.5, 0.6) is 0 Å². The molecule has 0 amide bonds. The second-order valence-electron chi connectivity index (χ2n) is 3.73. The van der Waals surface area contributed by atoms with Gasteiger partial charge in [0.25, 0.3) is 5.56 Å². The largest absolute Gasteiger partial charge is 0.269 e. The average molecular weight is 221 g/mol. The van der Waals surface area contributed by atoms with E-state index in [1.807, 2.05) is 17.8 Å². The van der Waals surface area contributed by atoms with Crippen LogP contribution in [0.15, 0.2) is 23.0 Å². The number of fused-ring (bicyclic) bond motifs is 1. The molecule has 0 radical (unpaired) electrons. The number of nitrogens with zero attached hydrogens (tertiary/aromatic N) is 2. The van der Waals surface area contributed by atoms with Crippen molar-refractivity contribution in [1.82, 2.24) is 14.6 Å². The molecule has 1 fully saturated rings. The second-order valence-corrected chi connectivity index (χ2v) is 4.88. The number of aromatic nitrogens is 3. The third-order valence-corrected chi connectivity index (χ3v) is 3.93. The lowest BCUT2D eigenvalue weighted by atomic mass is 10.1. The Morgan fingerprint density at radius 1 is 1.53 bits per heavy atom. The highest BCUT2D eigenvalue weighted by Gasteiger charge is 2.22. The Kier molecular flexibility index (Phi) is 2.05. The molecule has 15 heavy (non-hydrogen) atoms. The number of thioether (sulfide) groups is 1. The monoisotopic (exact) mass is 221 g/mol. The van der Waals surface area contributed by atoms with Crippen LogP contribution < -0.4 is 5.56 Å². The lowest BCUT2D eigenvalue weighted by Crippen LogP contribution is -2.15. The normalized spacial score (nSPS) is 21.2. The fourth-order valence-electron chi connectivity index (χ4n) is 1.99. The van der Waals surface area contributed by atoms with Crippen LogP contribution in [-0.4, -0.2) is 26.1 Å². The van der Waals surface area contributed by atoms with Gasteiger partial charge in [-0.2, -0.15) is 16.9 Å². The van der Waals surface area contributed by atoms with Crippen molar-refractivity contribution in [3.8, 4) is 0 Å². The molecule has 1 aliphatic rings. The number of hydrogen-bond acceptors (Lipinski definition) is 3. The molecule has 5 heteroatoms. The highest BCUT2D eigenvalue weighted by molar-refractivity contribution is 7.99. The van der Waals surface area contributed by atoms with E-state index in [1.165, 1.54) is 5.75 Å². The number of rotatable bonds is 1. The van der Waals surface area contributed by atoms with Crippen molar-refractivity contribution in [3.05, 3.63) is 34.4 Å². The molecule has 1 saturated heterocycles. The Bertz CT molecular complexity index is 539. The molecule has 0 aromatic carbocycles. The zero-order valence-electron chi connectivity index (χ0n) is 8.14. The number of H-pyrrole nitrogens is 1. The van der Waals surface area contributed by atoms with E-state index >= 15 is 0 Å². The summed E-state index contributed by atoms with van der Waals surface area (Å²) >= 11 is 1.93. The highest BCUT2D eigenvalue weighted by Crippen LogP contribution is 2.30. The van der Waals surface area contributed by atoms with E-state index in [2.05, 4.69) is 10.2 Å². The molecular weight excluding hydrogens is 210 g/mol. The van der Waals surface area contributed by atoms with Gasteiger partial charge in [-0.3, -0.25) is 9.89 Å². The molecule has 0 bridgehead atoms. The fourth-order valence-corrected chi connectivity index (χ4v) is 3.21. The predicted octanol–water partition coefficient (Wildman–Crippen LogP) is 1.24. The van der Waals surface area contributed by atoms with Gasteiger partial charge in [0, 0.05) is 17.7 Å². The molecular formula is C10H11N3OS. The minimum absolute atomic E-state index is 0.00755. The molecule has 78 valence electrons. The molecule has 1 N–H and O–H groups in total. The van der Waals surface area contributed by atoms with E-state index in [0.29, 0.717) is 5.92 Å². The summed E-state index contributed by atoms with van der Waals surface area (Å²) in [6, 6.07) is 5.21. The molecule has 3 rings (SSSR count). The van der Waals surface area contributed by atoms with Crippen molar-refractivity contribution in [3.63, 3.8) is 0 Å². The Morgan fingerprint density at radius 2 is 2.47 bits per heavy atom. The SMILES string of the molecule is O=c1cccc2[nH]nc(C3CCSC3)n12. The Morgan fingerprint density at radius 3 is 3.27 bits per heavy atom. The Balaban J connectivity index is 2.22. The van der Waals surface area contributed by atoms with Crippen LogP contribution in [0.4, 0.5) is 0 Å². The summed E-state index contributed by atoms with van der Waals surface area (Å²) in [7, 11) is 0. The number of pyridine rings is 1. The molecule has 0 aliphatic carbocycles. The molecule has 4 nitrogen and oxygen atoms in total. The Labute approximate surface area is 90.7 Å². The first-order chi connectivity index (χ1) is 7.36. The van der Waals surface area contributed by atoms with Crippen LogP contribution >= 0.6 is 11.8 Å². The summed E-state index contributed by atoms with van der Waals surface area (Å²) in [4.78, 5) is 11.7. The number of nitrogens with one attached hydrogen (secondary N) is 1. The van der Waals surface area contributed by atoms with Crippen molar-refractivity contribution in [1.29, 1.82) is 0 Å². The van der Waals surface area contributed by atoms with Gasteiger partial charge in [0.1, 0.15) is 11.5 Å². The van der Waals surface area contributed by atoms with Gasteiger partial charge in [-0.15, -0.1) is 0 Å². The van der Waals surface area contributed by atoms with Crippen molar-refractivity contribution in [2.45, 2.75) is 12.3 Å². The van der Waals surface area contributed by atoms with Gasteiger partial charge in [-0.25, -0.2) is 4.40 Å². The van der Waals surface area contributed by atoms with Crippen LogP contribution in [-0.2, 0) is 0 Å². The lowest BCUT2D eigenvalue weighted by Gasteiger charge is -2.04. The van der Waals surface area contributed by atoms with Gasteiger partial charge in [-0.05, 0) is 18.2 Å². The maximum Gasteiger partial charge on any atom is 0.257 e. The van der Waals surface area contributed by atoms with Crippen molar-refractivity contribution >= 4 is 17.4 Å². The summed E-state index contributed by atoms with van der Waals surface area (Å²) < 4.78 is 1.69. The molecule has 2 aromatic heterocycles. The van der Waals surface area contributed by atoms with Crippen LogP contribution in [0.1, 0.15) is 18.2 Å². The molecule has 3 heterocycles. The van der Waals surface area contributed by atoms with Crippen LogP contribution in [0.25, 0.3) is 5.65 Å². The smallest absolute Gasteiger partial charge is 0.257 e. The van der Waals surface area contributed by atoms with Gasteiger partial charge >= 0.3 is 0 Å². The quantitative estimate of drug-likeness (QED) is 0.788. The molecule has 1 atom stereocenters. The summed E-state index contributed by atoms with van der Waals surface area (Å²) in [6.07, 6.45) is 1.12. The maximum atomic E-state index is 11.7. The fraction of sp³-hybridized carbons (Fsp3) is 0.400. The van der Waals surface area contributed by atoms with Crippen LogP contribution in [0.2, 0.25) is 0 Å². The zero-order chi connectivity index (χ0) is 10.3. The standard InChI is InChI=1S/C10H11N3OS/c14-9-3-1-2-8-11-12-10(13(8)9)7-4-5-15-6-7/h1-3,7,11H,4-6H2. The summed E-state index contributed by atoms with van der Waals surface area (Å²) in [5, 5.41) is 7.17. The predicted molar refractivity (Wildman–Crippen MR) is 60.5 cm³/mol. The lowest BCUT2D eigenvalue weighted by molar-refractivity contribution is 0.701. The molecule has 1 unspecified atom stereocenters. The third-order valence-electron chi connectivity index (χ3n) is 2.76. The first kappa shape index (κ1) is 9.03. The molecule has 1 aliphatic heterocycles. The number of aromatic amines is 1. The average Bonchev–Trinajstić information content (AvgIpc) is 2.85. The molecule has 2 aromatic rings.